The second kappa shape index (κ2) is 6.14. The summed E-state index contributed by atoms with van der Waals surface area (Å²) < 4.78 is 0. The Balaban J connectivity index is 1.96. The first-order valence-corrected chi connectivity index (χ1v) is 8.86. The van der Waals surface area contributed by atoms with Crippen molar-refractivity contribution in [2.75, 3.05) is 29.9 Å². The van der Waals surface area contributed by atoms with Crippen LogP contribution in [-0.2, 0) is 10.5 Å². The Morgan fingerprint density at radius 2 is 1.77 bits per heavy atom. The van der Waals surface area contributed by atoms with E-state index in [4.69, 9.17) is 0 Å². The van der Waals surface area contributed by atoms with Crippen LogP contribution in [0.3, 0.4) is 0 Å². The quantitative estimate of drug-likeness (QED) is 0.885. The summed E-state index contributed by atoms with van der Waals surface area (Å²) in [6, 6.07) is 14.7. The van der Waals surface area contributed by atoms with Crippen molar-refractivity contribution >= 4 is 23.2 Å². The van der Waals surface area contributed by atoms with Gasteiger partial charge in [0.25, 0.3) is 11.8 Å². The number of aliphatic hydroxyl groups is 1. The van der Waals surface area contributed by atoms with Crippen molar-refractivity contribution in [1.82, 2.24) is 4.90 Å². The lowest BCUT2D eigenvalue weighted by atomic mass is 9.93. The monoisotopic (exact) mass is 351 g/mol. The van der Waals surface area contributed by atoms with Gasteiger partial charge in [-0.3, -0.25) is 9.59 Å². The van der Waals surface area contributed by atoms with Gasteiger partial charge in [-0.05, 0) is 24.6 Å². The van der Waals surface area contributed by atoms with Gasteiger partial charge >= 0.3 is 0 Å². The fourth-order valence-electron chi connectivity index (χ4n) is 3.97. The molecule has 2 aromatic rings. The van der Waals surface area contributed by atoms with Gasteiger partial charge in [0.05, 0.1) is 17.9 Å². The third-order valence-electron chi connectivity index (χ3n) is 5.03. The maximum Gasteiger partial charge on any atom is 0.278 e. The summed E-state index contributed by atoms with van der Waals surface area (Å²) in [4.78, 5) is 29.9. The number of fused-ring (bicyclic) bond motifs is 3. The minimum Gasteiger partial charge on any atom is -0.395 e. The van der Waals surface area contributed by atoms with Gasteiger partial charge in [0.2, 0.25) is 5.66 Å². The Morgan fingerprint density at radius 1 is 1.04 bits per heavy atom. The predicted molar refractivity (Wildman–Crippen MR) is 99.0 cm³/mol. The second-order valence-corrected chi connectivity index (χ2v) is 6.54. The summed E-state index contributed by atoms with van der Waals surface area (Å²) in [5.41, 5.74) is 1.37. The van der Waals surface area contributed by atoms with Crippen LogP contribution >= 0.6 is 0 Å². The molecule has 0 saturated carbocycles. The number of benzene rings is 2. The van der Waals surface area contributed by atoms with E-state index in [1.54, 1.807) is 17.0 Å². The molecule has 0 aliphatic carbocycles. The van der Waals surface area contributed by atoms with E-state index in [0.717, 1.165) is 17.7 Å². The van der Waals surface area contributed by atoms with Crippen molar-refractivity contribution in [2.24, 2.45) is 0 Å². The van der Waals surface area contributed by atoms with E-state index in [2.05, 4.69) is 5.32 Å². The maximum absolute atomic E-state index is 13.6. The molecule has 6 nitrogen and oxygen atoms in total. The number of rotatable bonds is 4. The molecular formula is C20H21N3O3. The summed E-state index contributed by atoms with van der Waals surface area (Å²) in [5.74, 6) is -0.438. The summed E-state index contributed by atoms with van der Waals surface area (Å²) >= 11 is 0. The van der Waals surface area contributed by atoms with Crippen LogP contribution in [0.1, 0.15) is 29.3 Å². The molecule has 0 fully saturated rings. The number of amides is 2. The molecule has 0 saturated heterocycles. The highest BCUT2D eigenvalue weighted by Gasteiger charge is 2.58. The molecule has 0 aromatic heterocycles. The molecule has 2 aliphatic heterocycles. The minimum absolute atomic E-state index is 0.0696. The topological polar surface area (TPSA) is 72.9 Å². The van der Waals surface area contributed by atoms with Crippen molar-refractivity contribution < 1.29 is 14.7 Å². The predicted octanol–water partition coefficient (Wildman–Crippen LogP) is 2.16. The SMILES string of the molecule is CCCN1C(=O)[C@@]2(Nc3ccccc3C(=O)N2CCO)c2ccccc21. The van der Waals surface area contributed by atoms with Crippen molar-refractivity contribution in [3.05, 3.63) is 59.7 Å². The van der Waals surface area contributed by atoms with Crippen LogP contribution in [0.5, 0.6) is 0 Å². The van der Waals surface area contributed by atoms with Crippen LogP contribution in [0.4, 0.5) is 11.4 Å². The van der Waals surface area contributed by atoms with Gasteiger partial charge in [0.1, 0.15) is 0 Å². The average Bonchev–Trinajstić information content (AvgIpc) is 2.89. The van der Waals surface area contributed by atoms with E-state index >= 15 is 0 Å². The molecule has 0 bridgehead atoms. The fourth-order valence-corrected chi connectivity index (χ4v) is 3.97. The van der Waals surface area contributed by atoms with Crippen molar-refractivity contribution in [3.63, 3.8) is 0 Å². The van der Waals surface area contributed by atoms with Gasteiger partial charge in [0.15, 0.2) is 0 Å². The van der Waals surface area contributed by atoms with Crippen LogP contribution < -0.4 is 10.2 Å². The van der Waals surface area contributed by atoms with Crippen LogP contribution in [0.15, 0.2) is 48.5 Å². The lowest BCUT2D eigenvalue weighted by Gasteiger charge is -2.44. The molecule has 2 N–H and O–H groups in total. The molecule has 2 amide bonds. The number of carbonyl (C=O) groups is 2. The molecule has 134 valence electrons. The Bertz CT molecular complexity index is 882. The van der Waals surface area contributed by atoms with Gasteiger partial charge < -0.3 is 20.2 Å². The first-order chi connectivity index (χ1) is 12.6. The van der Waals surface area contributed by atoms with Crippen molar-refractivity contribution in [3.8, 4) is 0 Å². The lowest BCUT2D eigenvalue weighted by Crippen LogP contribution is -2.63. The summed E-state index contributed by atoms with van der Waals surface area (Å²) in [7, 11) is 0. The van der Waals surface area contributed by atoms with Gasteiger partial charge in [-0.15, -0.1) is 0 Å². The van der Waals surface area contributed by atoms with Gasteiger partial charge in [0, 0.05) is 24.3 Å². The third-order valence-corrected chi connectivity index (χ3v) is 5.03. The Kier molecular flexibility index (Phi) is 3.92. The molecule has 6 heteroatoms. The number of aliphatic hydroxyl groups excluding tert-OH is 1. The number of β-amino-alcohol motifs (C(OH)–C–C–N with tert-alkyl or cyclic N) is 1. The van der Waals surface area contributed by atoms with Crippen LogP contribution in [-0.4, -0.2) is 41.5 Å². The minimum atomic E-state index is -1.32. The van der Waals surface area contributed by atoms with Crippen LogP contribution in [0.2, 0.25) is 0 Å². The smallest absolute Gasteiger partial charge is 0.278 e. The van der Waals surface area contributed by atoms with E-state index in [1.807, 2.05) is 43.3 Å². The zero-order chi connectivity index (χ0) is 18.3. The molecule has 1 atom stereocenters. The number of carbonyl (C=O) groups excluding carboxylic acids is 2. The molecule has 2 aromatic carbocycles. The Labute approximate surface area is 152 Å². The standard InChI is InChI=1S/C20H21N3O3/c1-2-11-22-17-10-6-4-8-15(17)20(19(22)26)21-16-9-5-3-7-14(16)18(25)23(20)12-13-24/h3-10,21,24H,2,11-13H2,1H3/t20-/m1/s1. The van der Waals surface area contributed by atoms with Gasteiger partial charge in [-0.2, -0.15) is 0 Å². The molecule has 1 spiro atoms. The van der Waals surface area contributed by atoms with Crippen LogP contribution in [0, 0.1) is 0 Å². The largest absolute Gasteiger partial charge is 0.395 e. The lowest BCUT2D eigenvalue weighted by molar-refractivity contribution is -0.127. The molecule has 2 heterocycles. The summed E-state index contributed by atoms with van der Waals surface area (Å²) in [5, 5.41) is 12.9. The summed E-state index contributed by atoms with van der Waals surface area (Å²) in [6.45, 7) is 2.43. The normalized spacial score (nSPS) is 21.0. The number of nitrogens with zero attached hydrogens (tertiary/aromatic N) is 2. The molecule has 26 heavy (non-hydrogen) atoms. The number of hydrogen-bond acceptors (Lipinski definition) is 4. The zero-order valence-electron chi connectivity index (χ0n) is 14.6. The first-order valence-electron chi connectivity index (χ1n) is 8.86. The number of para-hydroxylation sites is 2. The highest BCUT2D eigenvalue weighted by atomic mass is 16.3. The molecule has 2 aliphatic rings. The Morgan fingerprint density at radius 3 is 2.54 bits per heavy atom. The third kappa shape index (κ3) is 2.08. The highest BCUT2D eigenvalue weighted by Crippen LogP contribution is 2.47. The number of nitrogens with one attached hydrogen (secondary N) is 1. The van der Waals surface area contributed by atoms with E-state index in [0.29, 0.717) is 17.8 Å². The molecule has 0 unspecified atom stereocenters. The van der Waals surface area contributed by atoms with E-state index in [-0.39, 0.29) is 25.0 Å². The zero-order valence-corrected chi connectivity index (χ0v) is 14.6. The second-order valence-electron chi connectivity index (χ2n) is 6.54. The fraction of sp³-hybridized carbons (Fsp3) is 0.300. The number of anilines is 2. The van der Waals surface area contributed by atoms with Crippen molar-refractivity contribution in [2.45, 2.75) is 19.0 Å². The molecule has 0 radical (unpaired) electrons. The molecule has 4 rings (SSSR count). The first kappa shape index (κ1) is 16.6. The maximum atomic E-state index is 13.6. The van der Waals surface area contributed by atoms with Gasteiger partial charge in [-0.1, -0.05) is 37.3 Å². The molecular weight excluding hydrogens is 330 g/mol. The van der Waals surface area contributed by atoms with E-state index in [1.165, 1.54) is 4.90 Å². The van der Waals surface area contributed by atoms with Gasteiger partial charge in [-0.25, -0.2) is 0 Å². The Hall–Kier alpha value is -2.86. The average molecular weight is 351 g/mol. The van der Waals surface area contributed by atoms with E-state index < -0.39 is 5.66 Å². The van der Waals surface area contributed by atoms with Crippen LogP contribution in [0.25, 0.3) is 0 Å². The highest BCUT2D eigenvalue weighted by molar-refractivity contribution is 6.15. The summed E-state index contributed by atoms with van der Waals surface area (Å²) in [6.07, 6.45) is 0.806. The van der Waals surface area contributed by atoms with Crippen molar-refractivity contribution in [1.29, 1.82) is 0 Å². The van der Waals surface area contributed by atoms with E-state index in [9.17, 15) is 14.7 Å². The number of hydrogen-bond donors (Lipinski definition) is 2.